The molecule has 2 heterocycles. The van der Waals surface area contributed by atoms with Crippen LogP contribution in [0, 0.1) is 20.4 Å². The third-order valence-corrected chi connectivity index (χ3v) is 7.94. The van der Waals surface area contributed by atoms with Crippen molar-refractivity contribution in [1.29, 1.82) is 0 Å². The van der Waals surface area contributed by atoms with E-state index in [9.17, 15) is 0 Å². The first-order valence-electron chi connectivity index (χ1n) is 13.1. The maximum atomic E-state index is 7.55. The second kappa shape index (κ2) is 8.05. The molecule has 6 rings (SSSR count). The minimum absolute atomic E-state index is 0.313. The number of benzene rings is 4. The fourth-order valence-electron chi connectivity index (χ4n) is 6.18. The molecule has 0 fully saturated rings. The third-order valence-electron chi connectivity index (χ3n) is 7.94. The smallest absolute Gasteiger partial charge is 0.231 e. The van der Waals surface area contributed by atoms with Crippen LogP contribution in [0.1, 0.15) is 55.9 Å². The first-order chi connectivity index (χ1) is 17.6. The molecule has 0 unspecified atom stereocenters. The van der Waals surface area contributed by atoms with Gasteiger partial charge < -0.3 is 9.58 Å². The van der Waals surface area contributed by atoms with Crippen LogP contribution in [0.15, 0.2) is 54.7 Å². The molecule has 3 nitrogen and oxygen atoms in total. The molecule has 0 atom stereocenters. The standard InChI is InChI=1S/C34H33N2O/c1-19(2)29-25-11-9-20(3)15-27(25)21(4)30-32-31-26(13-14-36(32)8)24-12-10-22(18-34(5,6)35-7)16-23(24)17-28(31)37-33(29)30/h9-17,19H,18H2,1-6,8H3/q+1. The van der Waals surface area contributed by atoms with Gasteiger partial charge in [0.15, 0.2) is 6.20 Å². The molecule has 37 heavy (non-hydrogen) atoms. The van der Waals surface area contributed by atoms with Gasteiger partial charge in [-0.05, 0) is 58.5 Å². The van der Waals surface area contributed by atoms with Gasteiger partial charge in [-0.15, -0.1) is 0 Å². The van der Waals surface area contributed by atoms with Gasteiger partial charge in [-0.2, -0.15) is 0 Å². The molecule has 3 heteroatoms. The van der Waals surface area contributed by atoms with Gasteiger partial charge in [0.1, 0.15) is 18.5 Å². The van der Waals surface area contributed by atoms with E-state index in [-0.39, 0.29) is 0 Å². The number of nitrogens with zero attached hydrogens (tertiary/aromatic N) is 2. The van der Waals surface area contributed by atoms with Crippen LogP contribution in [-0.4, -0.2) is 5.54 Å². The average molecular weight is 486 g/mol. The Morgan fingerprint density at radius 3 is 2.43 bits per heavy atom. The number of ether oxygens (including phenoxy) is 1. The minimum atomic E-state index is -0.418. The first kappa shape index (κ1) is 23.5. The fourth-order valence-corrected chi connectivity index (χ4v) is 6.18. The summed E-state index contributed by atoms with van der Waals surface area (Å²) in [5, 5.41) is 7.33. The van der Waals surface area contributed by atoms with Crippen LogP contribution in [-0.2, 0) is 13.5 Å². The molecule has 0 bridgehead atoms. The summed E-state index contributed by atoms with van der Waals surface area (Å²) in [6.07, 6.45) is 2.90. The Bertz CT molecular complexity index is 1820. The predicted octanol–water partition coefficient (Wildman–Crippen LogP) is 8.72. The topological polar surface area (TPSA) is 17.5 Å². The highest BCUT2D eigenvalue weighted by Gasteiger charge is 2.34. The van der Waals surface area contributed by atoms with E-state index in [1.54, 1.807) is 0 Å². The van der Waals surface area contributed by atoms with E-state index in [4.69, 9.17) is 11.3 Å². The Morgan fingerprint density at radius 2 is 1.70 bits per heavy atom. The van der Waals surface area contributed by atoms with Gasteiger partial charge in [-0.3, -0.25) is 0 Å². The first-order valence-corrected chi connectivity index (χ1v) is 13.1. The number of aromatic nitrogens is 1. The molecular formula is C34H33N2O+. The van der Waals surface area contributed by atoms with Crippen LogP contribution >= 0.6 is 0 Å². The average Bonchev–Trinajstić information content (AvgIpc) is 2.85. The highest BCUT2D eigenvalue weighted by Crippen LogP contribution is 2.53. The lowest BCUT2D eigenvalue weighted by Gasteiger charge is -2.27. The van der Waals surface area contributed by atoms with Crippen molar-refractivity contribution in [1.82, 2.24) is 0 Å². The molecule has 0 saturated heterocycles. The van der Waals surface area contributed by atoms with Crippen molar-refractivity contribution in [3.8, 4) is 22.8 Å². The summed E-state index contributed by atoms with van der Waals surface area (Å²) < 4.78 is 9.18. The Labute approximate surface area is 219 Å². The van der Waals surface area contributed by atoms with Crippen LogP contribution < -0.4 is 9.30 Å². The number of hydrogen-bond donors (Lipinski definition) is 0. The van der Waals surface area contributed by atoms with Gasteiger partial charge in [-0.25, -0.2) is 11.1 Å². The molecule has 0 amide bonds. The molecule has 0 saturated carbocycles. The van der Waals surface area contributed by atoms with Crippen molar-refractivity contribution in [2.45, 2.75) is 59.4 Å². The van der Waals surface area contributed by atoms with E-state index in [0.717, 1.165) is 23.3 Å². The summed E-state index contributed by atoms with van der Waals surface area (Å²) in [4.78, 5) is 3.82. The van der Waals surface area contributed by atoms with Crippen molar-refractivity contribution < 1.29 is 9.30 Å². The monoisotopic (exact) mass is 485 g/mol. The highest BCUT2D eigenvalue weighted by atomic mass is 16.5. The second-order valence-corrected chi connectivity index (χ2v) is 11.6. The maximum absolute atomic E-state index is 7.55. The van der Waals surface area contributed by atoms with E-state index in [1.165, 1.54) is 60.4 Å². The van der Waals surface area contributed by atoms with Crippen molar-refractivity contribution in [3.63, 3.8) is 0 Å². The predicted molar refractivity (Wildman–Crippen MR) is 154 cm³/mol. The Balaban J connectivity index is 1.71. The maximum Gasteiger partial charge on any atom is 0.231 e. The summed E-state index contributed by atoms with van der Waals surface area (Å²) >= 11 is 0. The SMILES string of the molecule is [C-]#[N+]C(C)(C)Cc1ccc2c(c1)cc1c3c([n+](C)ccc32)-c2c(c(C(C)C)c3ccc(C)cc3c2C)O1. The molecule has 1 aliphatic heterocycles. The van der Waals surface area contributed by atoms with E-state index >= 15 is 0 Å². The van der Waals surface area contributed by atoms with Crippen LogP contribution in [0.2, 0.25) is 0 Å². The Hall–Kier alpha value is -3.90. The van der Waals surface area contributed by atoms with Gasteiger partial charge >= 0.3 is 0 Å². The van der Waals surface area contributed by atoms with Gasteiger partial charge in [0.25, 0.3) is 0 Å². The molecule has 1 aromatic heterocycles. The van der Waals surface area contributed by atoms with Crippen LogP contribution in [0.3, 0.4) is 0 Å². The summed E-state index contributed by atoms with van der Waals surface area (Å²) in [6, 6.07) is 17.8. The van der Waals surface area contributed by atoms with Crippen LogP contribution in [0.4, 0.5) is 0 Å². The quantitative estimate of drug-likeness (QED) is 0.139. The largest absolute Gasteiger partial charge is 0.455 e. The van der Waals surface area contributed by atoms with Crippen molar-refractivity contribution in [2.24, 2.45) is 7.05 Å². The molecular weight excluding hydrogens is 452 g/mol. The van der Waals surface area contributed by atoms with Gasteiger partial charge in [0.2, 0.25) is 11.2 Å². The van der Waals surface area contributed by atoms with Crippen molar-refractivity contribution in [2.75, 3.05) is 0 Å². The van der Waals surface area contributed by atoms with E-state index < -0.39 is 5.54 Å². The molecule has 184 valence electrons. The van der Waals surface area contributed by atoms with E-state index in [2.05, 4.69) is 98.9 Å². The molecule has 0 radical (unpaired) electrons. The van der Waals surface area contributed by atoms with E-state index in [1.807, 2.05) is 13.8 Å². The van der Waals surface area contributed by atoms with Crippen molar-refractivity contribution >= 4 is 32.3 Å². The summed E-state index contributed by atoms with van der Waals surface area (Å²) in [6.45, 7) is 20.5. The number of rotatable bonds is 3. The molecule has 5 aromatic rings. The number of fused-ring (bicyclic) bond motifs is 5. The Morgan fingerprint density at radius 1 is 0.946 bits per heavy atom. The number of aryl methyl sites for hydroxylation is 3. The lowest BCUT2D eigenvalue weighted by molar-refractivity contribution is -0.659. The summed E-state index contributed by atoms with van der Waals surface area (Å²) in [7, 11) is 2.14. The molecule has 0 aliphatic carbocycles. The van der Waals surface area contributed by atoms with Crippen molar-refractivity contribution in [3.05, 3.63) is 88.4 Å². The fraction of sp³-hybridized carbons (Fsp3) is 0.294. The third kappa shape index (κ3) is 3.50. The Kier molecular flexibility index (Phi) is 5.11. The van der Waals surface area contributed by atoms with Crippen LogP contribution in [0.25, 0.3) is 48.4 Å². The number of pyridine rings is 1. The molecule has 0 N–H and O–H groups in total. The zero-order chi connectivity index (χ0) is 26.2. The molecule has 1 aliphatic rings. The summed E-state index contributed by atoms with van der Waals surface area (Å²) in [5.74, 6) is 2.22. The van der Waals surface area contributed by atoms with Gasteiger partial charge in [0, 0.05) is 30.9 Å². The zero-order valence-electron chi connectivity index (χ0n) is 22.8. The van der Waals surface area contributed by atoms with Gasteiger partial charge in [-0.1, -0.05) is 55.8 Å². The normalized spacial score (nSPS) is 12.7. The van der Waals surface area contributed by atoms with Gasteiger partial charge in [0.05, 0.1) is 17.4 Å². The molecule has 0 spiro atoms. The highest BCUT2D eigenvalue weighted by molar-refractivity contribution is 6.16. The number of hydrogen-bond acceptors (Lipinski definition) is 1. The zero-order valence-corrected chi connectivity index (χ0v) is 22.8. The summed E-state index contributed by atoms with van der Waals surface area (Å²) in [5.41, 5.74) is 6.99. The van der Waals surface area contributed by atoms with Crippen LogP contribution in [0.5, 0.6) is 11.5 Å². The lowest BCUT2D eigenvalue weighted by atomic mass is 9.84. The molecule has 4 aromatic carbocycles. The minimum Gasteiger partial charge on any atom is -0.455 e. The van der Waals surface area contributed by atoms with E-state index in [0.29, 0.717) is 5.92 Å². The lowest BCUT2D eigenvalue weighted by Crippen LogP contribution is -2.32. The second-order valence-electron chi connectivity index (χ2n) is 11.6.